The number of ether oxygens (including phenoxy) is 1. The molecule has 0 unspecified atom stereocenters. The summed E-state index contributed by atoms with van der Waals surface area (Å²) >= 11 is 9.29. The van der Waals surface area contributed by atoms with Crippen molar-refractivity contribution in [1.29, 1.82) is 0 Å². The van der Waals surface area contributed by atoms with Gasteiger partial charge in [-0.1, -0.05) is 27.5 Å². The van der Waals surface area contributed by atoms with Crippen LogP contribution in [0.15, 0.2) is 28.9 Å². The topological polar surface area (TPSA) is 47.3 Å². The molecule has 4 nitrogen and oxygen atoms in total. The minimum Gasteiger partial charge on any atom is -0.485 e. The van der Waals surface area contributed by atoms with Crippen LogP contribution < -0.4 is 4.74 Å². The molecular formula is C13H14BrClN2O2. The fraction of sp³-hybridized carbons (Fsp3) is 0.308. The Balaban J connectivity index is 2.17. The minimum atomic E-state index is -0.600. The molecule has 0 fully saturated rings. The van der Waals surface area contributed by atoms with E-state index in [-0.39, 0.29) is 0 Å². The number of hydrogen-bond acceptors (Lipinski definition) is 3. The van der Waals surface area contributed by atoms with Crippen LogP contribution in [-0.2, 0) is 13.7 Å². The van der Waals surface area contributed by atoms with Crippen LogP contribution >= 0.6 is 27.5 Å². The first-order valence-electron chi connectivity index (χ1n) is 5.75. The Morgan fingerprint density at radius 3 is 2.84 bits per heavy atom. The summed E-state index contributed by atoms with van der Waals surface area (Å²) < 4.78 is 8.36. The van der Waals surface area contributed by atoms with Crippen LogP contribution in [0.3, 0.4) is 0 Å². The molecule has 0 amide bonds. The zero-order valence-corrected chi connectivity index (χ0v) is 12.9. The van der Waals surface area contributed by atoms with Crippen molar-refractivity contribution in [3.8, 4) is 5.75 Å². The van der Waals surface area contributed by atoms with Gasteiger partial charge in [-0.25, -0.2) is 4.98 Å². The van der Waals surface area contributed by atoms with Gasteiger partial charge in [0.25, 0.3) is 0 Å². The van der Waals surface area contributed by atoms with E-state index in [4.69, 9.17) is 16.3 Å². The number of halogens is 2. The second-order valence-electron chi connectivity index (χ2n) is 4.20. The smallest absolute Gasteiger partial charge is 0.147 e. The van der Waals surface area contributed by atoms with Gasteiger partial charge in [-0.15, -0.1) is 0 Å². The van der Waals surface area contributed by atoms with Gasteiger partial charge in [-0.3, -0.25) is 0 Å². The molecule has 1 atom stereocenters. The highest BCUT2D eigenvalue weighted by Gasteiger charge is 2.11. The molecular weight excluding hydrogens is 332 g/mol. The normalized spacial score (nSPS) is 12.5. The monoisotopic (exact) mass is 344 g/mol. The molecule has 1 N–H and O–H groups in total. The fourth-order valence-corrected chi connectivity index (χ4v) is 2.20. The number of aliphatic hydroxyl groups is 1. The van der Waals surface area contributed by atoms with Gasteiger partial charge in [0.05, 0.1) is 12.3 Å². The maximum Gasteiger partial charge on any atom is 0.147 e. The summed E-state index contributed by atoms with van der Waals surface area (Å²) in [4.78, 5) is 4.16. The molecule has 1 aromatic heterocycles. The van der Waals surface area contributed by atoms with Gasteiger partial charge >= 0.3 is 0 Å². The maximum atomic E-state index is 9.74. The van der Waals surface area contributed by atoms with Crippen molar-refractivity contribution in [1.82, 2.24) is 9.55 Å². The van der Waals surface area contributed by atoms with Crippen molar-refractivity contribution < 1.29 is 9.84 Å². The Morgan fingerprint density at radius 2 is 2.26 bits per heavy atom. The Kier molecular flexibility index (Phi) is 4.50. The average Bonchev–Trinajstić information content (AvgIpc) is 2.68. The highest BCUT2D eigenvalue weighted by atomic mass is 79.9. The molecule has 0 aliphatic rings. The molecule has 0 aliphatic carbocycles. The Hall–Kier alpha value is -1.04. The van der Waals surface area contributed by atoms with Crippen molar-refractivity contribution in [2.75, 3.05) is 0 Å². The summed E-state index contributed by atoms with van der Waals surface area (Å²) in [5.41, 5.74) is 0.731. The summed E-state index contributed by atoms with van der Waals surface area (Å²) in [6.07, 6.45) is 0.981. The zero-order valence-electron chi connectivity index (χ0n) is 10.6. The van der Waals surface area contributed by atoms with Crippen molar-refractivity contribution in [2.24, 2.45) is 7.05 Å². The minimum absolute atomic E-state index is 0.296. The SMILES string of the molecule is C[C@@H](O)c1cc(Br)ccc1OCc1ncc(Cl)n1C. The molecule has 1 aromatic carbocycles. The lowest BCUT2D eigenvalue weighted by Crippen LogP contribution is -2.06. The third-order valence-corrected chi connectivity index (χ3v) is 3.65. The van der Waals surface area contributed by atoms with Crippen LogP contribution in [0.5, 0.6) is 5.75 Å². The Labute approximate surface area is 125 Å². The van der Waals surface area contributed by atoms with E-state index in [2.05, 4.69) is 20.9 Å². The van der Waals surface area contributed by atoms with Gasteiger partial charge in [-0.05, 0) is 25.1 Å². The van der Waals surface area contributed by atoms with Gasteiger partial charge < -0.3 is 14.4 Å². The average molecular weight is 346 g/mol. The third kappa shape index (κ3) is 3.29. The Bertz CT molecular complexity index is 584. The predicted octanol–water partition coefficient (Wildman–Crippen LogP) is 3.47. The third-order valence-electron chi connectivity index (χ3n) is 2.81. The van der Waals surface area contributed by atoms with Gasteiger partial charge in [0.15, 0.2) is 0 Å². The van der Waals surface area contributed by atoms with Gasteiger partial charge in [0, 0.05) is 17.1 Å². The van der Waals surface area contributed by atoms with Crippen molar-refractivity contribution in [3.05, 3.63) is 45.4 Å². The molecule has 0 spiro atoms. The lowest BCUT2D eigenvalue weighted by molar-refractivity contribution is 0.189. The lowest BCUT2D eigenvalue weighted by atomic mass is 10.1. The first-order chi connectivity index (χ1) is 8.99. The molecule has 0 saturated heterocycles. The summed E-state index contributed by atoms with van der Waals surface area (Å²) in [6.45, 7) is 2.00. The summed E-state index contributed by atoms with van der Waals surface area (Å²) in [7, 11) is 1.82. The molecule has 0 saturated carbocycles. The van der Waals surface area contributed by atoms with E-state index in [9.17, 15) is 5.11 Å². The number of aromatic nitrogens is 2. The van der Waals surface area contributed by atoms with Crippen LogP contribution in [0, 0.1) is 0 Å². The summed E-state index contributed by atoms with van der Waals surface area (Å²) in [5, 5.41) is 10.3. The lowest BCUT2D eigenvalue weighted by Gasteiger charge is -2.13. The molecule has 19 heavy (non-hydrogen) atoms. The number of benzene rings is 1. The molecule has 0 radical (unpaired) electrons. The fourth-order valence-electron chi connectivity index (χ4n) is 1.68. The van der Waals surface area contributed by atoms with Crippen LogP contribution in [0.2, 0.25) is 5.15 Å². The van der Waals surface area contributed by atoms with Crippen LogP contribution in [-0.4, -0.2) is 14.7 Å². The molecule has 2 rings (SSSR count). The number of aliphatic hydroxyl groups excluding tert-OH is 1. The summed E-state index contributed by atoms with van der Waals surface area (Å²) in [5.74, 6) is 1.36. The standard InChI is InChI=1S/C13H14BrClN2O2/c1-8(18)10-5-9(14)3-4-11(10)19-7-13-16-6-12(15)17(13)2/h3-6,8,18H,7H2,1-2H3/t8-/m1/s1. The first kappa shape index (κ1) is 14.4. The predicted molar refractivity (Wildman–Crippen MR) is 77.3 cm³/mol. The van der Waals surface area contributed by atoms with E-state index in [0.717, 1.165) is 15.9 Å². The highest BCUT2D eigenvalue weighted by molar-refractivity contribution is 9.10. The van der Waals surface area contributed by atoms with Crippen molar-refractivity contribution in [3.63, 3.8) is 0 Å². The van der Waals surface area contributed by atoms with Crippen molar-refractivity contribution in [2.45, 2.75) is 19.6 Å². The van der Waals surface area contributed by atoms with E-state index in [0.29, 0.717) is 17.5 Å². The maximum absolute atomic E-state index is 9.74. The van der Waals surface area contributed by atoms with Crippen LogP contribution in [0.1, 0.15) is 24.4 Å². The number of hydrogen-bond donors (Lipinski definition) is 1. The van der Waals surface area contributed by atoms with E-state index < -0.39 is 6.10 Å². The molecule has 6 heteroatoms. The van der Waals surface area contributed by atoms with Gasteiger partial charge in [0.2, 0.25) is 0 Å². The quantitative estimate of drug-likeness (QED) is 0.923. The zero-order chi connectivity index (χ0) is 14.0. The van der Waals surface area contributed by atoms with E-state index in [1.165, 1.54) is 0 Å². The van der Waals surface area contributed by atoms with Gasteiger partial charge in [0.1, 0.15) is 23.3 Å². The van der Waals surface area contributed by atoms with E-state index in [1.807, 2.05) is 25.2 Å². The number of imidazole rings is 1. The van der Waals surface area contributed by atoms with Crippen LogP contribution in [0.25, 0.3) is 0 Å². The van der Waals surface area contributed by atoms with E-state index >= 15 is 0 Å². The molecule has 0 aliphatic heterocycles. The van der Waals surface area contributed by atoms with Crippen molar-refractivity contribution >= 4 is 27.5 Å². The second-order valence-corrected chi connectivity index (χ2v) is 5.51. The van der Waals surface area contributed by atoms with E-state index in [1.54, 1.807) is 17.7 Å². The molecule has 0 bridgehead atoms. The second kappa shape index (κ2) is 5.94. The summed E-state index contributed by atoms with van der Waals surface area (Å²) in [6, 6.07) is 5.52. The Morgan fingerprint density at radius 1 is 1.53 bits per heavy atom. The molecule has 1 heterocycles. The first-order valence-corrected chi connectivity index (χ1v) is 6.92. The molecule has 102 valence electrons. The van der Waals surface area contributed by atoms with Crippen LogP contribution in [0.4, 0.5) is 0 Å². The largest absolute Gasteiger partial charge is 0.485 e. The van der Waals surface area contributed by atoms with Gasteiger partial charge in [-0.2, -0.15) is 0 Å². The number of nitrogens with zero attached hydrogens (tertiary/aromatic N) is 2. The molecule has 2 aromatic rings. The highest BCUT2D eigenvalue weighted by Crippen LogP contribution is 2.29. The number of rotatable bonds is 4.